The molecule has 0 saturated carbocycles. The lowest BCUT2D eigenvalue weighted by molar-refractivity contribution is -0.221. The van der Waals surface area contributed by atoms with E-state index >= 15 is 0 Å². The molecule has 0 bridgehead atoms. The van der Waals surface area contributed by atoms with E-state index < -0.39 is 23.6 Å². The van der Waals surface area contributed by atoms with Crippen molar-refractivity contribution in [2.24, 2.45) is 5.92 Å². The smallest absolute Gasteiger partial charge is 0.392 e. The van der Waals surface area contributed by atoms with Crippen molar-refractivity contribution in [3.05, 3.63) is 70.2 Å². The molecule has 1 aliphatic rings. The number of alkyl halides is 3. The fraction of sp³-hybridized carbons (Fsp3) is 0.400. The van der Waals surface area contributed by atoms with E-state index in [0.717, 1.165) is 0 Å². The van der Waals surface area contributed by atoms with Crippen LogP contribution < -0.4 is 0 Å². The van der Waals surface area contributed by atoms with E-state index in [9.17, 15) is 18.3 Å². The minimum Gasteiger partial charge on any atom is -0.392 e. The van der Waals surface area contributed by atoms with Crippen LogP contribution in [0.4, 0.5) is 13.2 Å². The Bertz CT molecular complexity index is 744. The largest absolute Gasteiger partial charge is 0.399 e. The fourth-order valence-electron chi connectivity index (χ4n) is 4.33. The van der Waals surface area contributed by atoms with Gasteiger partial charge in [0.25, 0.3) is 0 Å². The van der Waals surface area contributed by atoms with Gasteiger partial charge in [0.05, 0.1) is 6.10 Å². The first kappa shape index (κ1) is 18.3. The Morgan fingerprint density at radius 2 is 1.80 bits per heavy atom. The Morgan fingerprint density at radius 3 is 2.40 bits per heavy atom. The maximum atomic E-state index is 14.6. The lowest BCUT2D eigenvalue weighted by Crippen LogP contribution is -2.57. The maximum absolute atomic E-state index is 14.6. The first-order valence-electron chi connectivity index (χ1n) is 8.38. The number of hydrogen-bond acceptors (Lipinski definition) is 1. The minimum atomic E-state index is -4.54. The van der Waals surface area contributed by atoms with Gasteiger partial charge in [0, 0.05) is 10.9 Å². The summed E-state index contributed by atoms with van der Waals surface area (Å²) >= 11 is 6.29. The highest BCUT2D eigenvalue weighted by Crippen LogP contribution is 2.56. The van der Waals surface area contributed by atoms with Gasteiger partial charge in [-0.3, -0.25) is 0 Å². The third-order valence-electron chi connectivity index (χ3n) is 5.34. The van der Waals surface area contributed by atoms with Crippen LogP contribution in [0, 0.1) is 5.92 Å². The molecule has 2 aromatic rings. The number of aliphatic hydroxyl groups is 1. The lowest BCUT2D eigenvalue weighted by Gasteiger charge is -2.49. The van der Waals surface area contributed by atoms with E-state index in [2.05, 4.69) is 0 Å². The highest BCUT2D eigenvalue weighted by atomic mass is 35.5. The molecule has 0 fully saturated rings. The first-order valence-corrected chi connectivity index (χ1v) is 8.75. The Hall–Kier alpha value is -1.52. The summed E-state index contributed by atoms with van der Waals surface area (Å²) in [7, 11) is 0. The zero-order valence-corrected chi connectivity index (χ0v) is 14.6. The third-order valence-corrected chi connectivity index (χ3v) is 5.66. The predicted molar refractivity (Wildman–Crippen MR) is 92.8 cm³/mol. The Kier molecular flexibility index (Phi) is 4.86. The van der Waals surface area contributed by atoms with E-state index in [4.69, 9.17) is 11.6 Å². The molecule has 0 saturated heterocycles. The second-order valence-corrected chi connectivity index (χ2v) is 7.10. The summed E-state index contributed by atoms with van der Waals surface area (Å²) in [6.07, 6.45) is -5.41. The molecule has 2 aromatic carbocycles. The molecule has 1 nitrogen and oxygen atoms in total. The van der Waals surface area contributed by atoms with Gasteiger partial charge in [0.2, 0.25) is 0 Å². The van der Waals surface area contributed by atoms with E-state index in [1.807, 2.05) is 0 Å². The monoisotopic (exact) mass is 368 g/mol. The lowest BCUT2D eigenvalue weighted by atomic mass is 9.58. The average molecular weight is 369 g/mol. The Balaban J connectivity index is 2.30. The second kappa shape index (κ2) is 6.65. The van der Waals surface area contributed by atoms with Crippen molar-refractivity contribution in [2.45, 2.75) is 43.9 Å². The zero-order chi connectivity index (χ0) is 18.2. The standard InChI is InChI=1S/C20H20ClF3O/c1-2-15-17(25)11-14-9-6-10-16(21)18(14)19(15,20(22,23)24)12-13-7-4-3-5-8-13/h3-10,15,17,25H,2,11-12H2,1H3. The summed E-state index contributed by atoms with van der Waals surface area (Å²) in [4.78, 5) is 0. The summed E-state index contributed by atoms with van der Waals surface area (Å²) in [5.41, 5.74) is -1.00. The SMILES string of the molecule is CCC1C(O)Cc2cccc(Cl)c2C1(Cc1ccccc1)C(F)(F)F. The van der Waals surface area contributed by atoms with Gasteiger partial charge in [-0.25, -0.2) is 0 Å². The van der Waals surface area contributed by atoms with Gasteiger partial charge in [-0.15, -0.1) is 0 Å². The summed E-state index contributed by atoms with van der Waals surface area (Å²) < 4.78 is 43.7. The van der Waals surface area contributed by atoms with E-state index in [-0.39, 0.29) is 29.8 Å². The molecule has 0 spiro atoms. The highest BCUT2D eigenvalue weighted by Gasteiger charge is 2.63. The van der Waals surface area contributed by atoms with Crippen LogP contribution in [-0.4, -0.2) is 17.4 Å². The summed E-state index contributed by atoms with van der Waals surface area (Å²) in [6, 6.07) is 13.4. The molecule has 134 valence electrons. The molecule has 25 heavy (non-hydrogen) atoms. The Morgan fingerprint density at radius 1 is 1.12 bits per heavy atom. The van der Waals surface area contributed by atoms with Crippen molar-refractivity contribution in [3.8, 4) is 0 Å². The van der Waals surface area contributed by atoms with E-state index in [0.29, 0.717) is 11.1 Å². The molecule has 0 heterocycles. The highest BCUT2D eigenvalue weighted by molar-refractivity contribution is 6.31. The van der Waals surface area contributed by atoms with Gasteiger partial charge >= 0.3 is 6.18 Å². The molecule has 1 N–H and O–H groups in total. The molecular weight excluding hydrogens is 349 g/mol. The van der Waals surface area contributed by atoms with Crippen LogP contribution >= 0.6 is 11.6 Å². The average Bonchev–Trinajstić information content (AvgIpc) is 2.54. The molecule has 0 aliphatic heterocycles. The van der Waals surface area contributed by atoms with Crippen LogP contribution in [0.2, 0.25) is 5.02 Å². The van der Waals surface area contributed by atoms with Gasteiger partial charge < -0.3 is 5.11 Å². The molecule has 0 aromatic heterocycles. The fourth-order valence-corrected chi connectivity index (χ4v) is 4.69. The van der Waals surface area contributed by atoms with Crippen LogP contribution in [0.15, 0.2) is 48.5 Å². The number of benzene rings is 2. The van der Waals surface area contributed by atoms with E-state index in [1.54, 1.807) is 49.4 Å². The molecule has 0 radical (unpaired) electrons. The van der Waals surface area contributed by atoms with Crippen molar-refractivity contribution in [2.75, 3.05) is 0 Å². The summed E-state index contributed by atoms with van der Waals surface area (Å²) in [5, 5.41) is 10.7. The van der Waals surface area contributed by atoms with Gasteiger partial charge in [0.15, 0.2) is 0 Å². The summed E-state index contributed by atoms with van der Waals surface area (Å²) in [6.45, 7) is 1.70. The molecule has 5 heteroatoms. The molecule has 1 aliphatic carbocycles. The molecule has 3 rings (SSSR count). The van der Waals surface area contributed by atoms with Crippen LogP contribution in [-0.2, 0) is 18.3 Å². The quantitative estimate of drug-likeness (QED) is 0.776. The third kappa shape index (κ3) is 2.96. The van der Waals surface area contributed by atoms with Crippen LogP contribution in [0.25, 0.3) is 0 Å². The van der Waals surface area contributed by atoms with Crippen molar-refractivity contribution in [1.82, 2.24) is 0 Å². The molecule has 3 atom stereocenters. The number of halogens is 4. The van der Waals surface area contributed by atoms with Crippen LogP contribution in [0.1, 0.15) is 30.0 Å². The minimum absolute atomic E-state index is 0.121. The number of fused-ring (bicyclic) bond motifs is 1. The van der Waals surface area contributed by atoms with Crippen molar-refractivity contribution in [1.29, 1.82) is 0 Å². The normalized spacial score (nSPS) is 26.3. The van der Waals surface area contributed by atoms with Gasteiger partial charge in [-0.05, 0) is 42.0 Å². The zero-order valence-electron chi connectivity index (χ0n) is 13.9. The van der Waals surface area contributed by atoms with Crippen molar-refractivity contribution >= 4 is 11.6 Å². The number of aliphatic hydroxyl groups excluding tert-OH is 1. The van der Waals surface area contributed by atoms with Crippen LogP contribution in [0.3, 0.4) is 0 Å². The summed E-state index contributed by atoms with van der Waals surface area (Å²) in [5.74, 6) is -0.944. The predicted octanol–water partition coefficient (Wildman–Crippen LogP) is 5.33. The molecule has 0 amide bonds. The second-order valence-electron chi connectivity index (χ2n) is 6.69. The number of hydrogen-bond donors (Lipinski definition) is 1. The maximum Gasteiger partial charge on any atom is 0.399 e. The van der Waals surface area contributed by atoms with Crippen molar-refractivity contribution in [3.63, 3.8) is 0 Å². The van der Waals surface area contributed by atoms with Crippen LogP contribution in [0.5, 0.6) is 0 Å². The topological polar surface area (TPSA) is 20.2 Å². The van der Waals surface area contributed by atoms with Gasteiger partial charge in [0.1, 0.15) is 5.41 Å². The van der Waals surface area contributed by atoms with Gasteiger partial charge in [-0.1, -0.05) is 61.0 Å². The first-order chi connectivity index (χ1) is 11.8. The molecular formula is C20H20ClF3O. The van der Waals surface area contributed by atoms with Crippen molar-refractivity contribution < 1.29 is 18.3 Å². The van der Waals surface area contributed by atoms with Gasteiger partial charge in [-0.2, -0.15) is 13.2 Å². The Labute approximate surface area is 150 Å². The molecule has 3 unspecified atom stereocenters. The van der Waals surface area contributed by atoms with E-state index in [1.165, 1.54) is 6.07 Å². The number of rotatable bonds is 3.